The van der Waals surface area contributed by atoms with Gasteiger partial charge in [-0.05, 0) is 56.0 Å². The van der Waals surface area contributed by atoms with Gasteiger partial charge in [-0.3, -0.25) is 10.1 Å². The van der Waals surface area contributed by atoms with Gasteiger partial charge in [0.15, 0.2) is 0 Å². The summed E-state index contributed by atoms with van der Waals surface area (Å²) in [5.41, 5.74) is 1.31. The molecule has 4 atom stereocenters. The number of fused-ring (bicyclic) bond motifs is 2. The van der Waals surface area contributed by atoms with Crippen LogP contribution in [0.5, 0.6) is 0 Å². The SMILES string of the molecule is CC(NCCc1ccc([N+](=O)[O-])cc1)C1CC2C=CC1C2. The third kappa shape index (κ3) is 3.16. The highest BCUT2D eigenvalue weighted by Crippen LogP contribution is 2.44. The van der Waals surface area contributed by atoms with E-state index in [0.717, 1.165) is 36.3 Å². The standard InChI is InChI=1S/C17H22N2O2/c1-12(17-11-14-2-5-15(17)10-14)18-9-8-13-3-6-16(7-4-13)19(20)21/h2-7,12,14-15,17-18H,8-11H2,1H3. The summed E-state index contributed by atoms with van der Waals surface area (Å²) in [6.07, 6.45) is 8.36. The molecule has 1 saturated carbocycles. The van der Waals surface area contributed by atoms with Crippen LogP contribution in [0.1, 0.15) is 25.3 Å². The highest BCUT2D eigenvalue weighted by Gasteiger charge is 2.38. The Morgan fingerprint density at radius 1 is 1.29 bits per heavy atom. The van der Waals surface area contributed by atoms with Gasteiger partial charge in [0.05, 0.1) is 4.92 Å². The van der Waals surface area contributed by atoms with Crippen LogP contribution in [0.4, 0.5) is 5.69 Å². The molecule has 0 aromatic heterocycles. The van der Waals surface area contributed by atoms with Gasteiger partial charge in [-0.25, -0.2) is 0 Å². The van der Waals surface area contributed by atoms with Gasteiger partial charge in [-0.2, -0.15) is 0 Å². The van der Waals surface area contributed by atoms with Crippen molar-refractivity contribution in [1.29, 1.82) is 0 Å². The average Bonchev–Trinajstić information content (AvgIpc) is 3.10. The summed E-state index contributed by atoms with van der Waals surface area (Å²) in [6.45, 7) is 3.21. The van der Waals surface area contributed by atoms with Crippen LogP contribution in [0.15, 0.2) is 36.4 Å². The second-order valence-corrected chi connectivity index (χ2v) is 6.36. The smallest absolute Gasteiger partial charge is 0.269 e. The molecule has 0 radical (unpaired) electrons. The molecule has 4 unspecified atom stereocenters. The van der Waals surface area contributed by atoms with Crippen molar-refractivity contribution in [3.8, 4) is 0 Å². The van der Waals surface area contributed by atoms with Crippen molar-refractivity contribution in [3.05, 3.63) is 52.1 Å². The Labute approximate surface area is 125 Å². The molecule has 4 nitrogen and oxygen atoms in total. The first-order chi connectivity index (χ1) is 10.1. The van der Waals surface area contributed by atoms with Gasteiger partial charge in [0.25, 0.3) is 5.69 Å². The molecule has 1 N–H and O–H groups in total. The molecule has 2 bridgehead atoms. The van der Waals surface area contributed by atoms with E-state index in [1.54, 1.807) is 12.1 Å². The minimum absolute atomic E-state index is 0.161. The third-order valence-corrected chi connectivity index (χ3v) is 5.00. The summed E-state index contributed by atoms with van der Waals surface area (Å²) >= 11 is 0. The van der Waals surface area contributed by atoms with Crippen molar-refractivity contribution in [1.82, 2.24) is 5.32 Å². The molecule has 3 rings (SSSR count). The topological polar surface area (TPSA) is 55.2 Å². The van der Waals surface area contributed by atoms with Gasteiger partial charge in [-0.15, -0.1) is 0 Å². The van der Waals surface area contributed by atoms with E-state index in [4.69, 9.17) is 0 Å². The molecule has 21 heavy (non-hydrogen) atoms. The van der Waals surface area contributed by atoms with Crippen LogP contribution in [-0.4, -0.2) is 17.5 Å². The number of hydrogen-bond acceptors (Lipinski definition) is 3. The van der Waals surface area contributed by atoms with Crippen LogP contribution in [0.2, 0.25) is 0 Å². The van der Waals surface area contributed by atoms with E-state index in [2.05, 4.69) is 24.4 Å². The van der Waals surface area contributed by atoms with Crippen molar-refractivity contribution in [2.75, 3.05) is 6.54 Å². The lowest BCUT2D eigenvalue weighted by molar-refractivity contribution is -0.384. The van der Waals surface area contributed by atoms with E-state index >= 15 is 0 Å². The quantitative estimate of drug-likeness (QED) is 0.496. The van der Waals surface area contributed by atoms with Gasteiger partial charge < -0.3 is 5.32 Å². The first-order valence-electron chi connectivity index (χ1n) is 7.78. The molecular formula is C17H22N2O2. The molecular weight excluding hydrogens is 264 g/mol. The summed E-state index contributed by atoms with van der Waals surface area (Å²) in [4.78, 5) is 10.3. The maximum absolute atomic E-state index is 10.6. The van der Waals surface area contributed by atoms with Crippen LogP contribution in [0.3, 0.4) is 0 Å². The zero-order valence-corrected chi connectivity index (χ0v) is 12.4. The first-order valence-corrected chi connectivity index (χ1v) is 7.78. The van der Waals surface area contributed by atoms with Gasteiger partial charge in [0.1, 0.15) is 0 Å². The highest BCUT2D eigenvalue weighted by molar-refractivity contribution is 5.32. The maximum Gasteiger partial charge on any atom is 0.269 e. The van der Waals surface area contributed by atoms with Crippen LogP contribution in [0, 0.1) is 27.9 Å². The van der Waals surface area contributed by atoms with E-state index in [-0.39, 0.29) is 10.6 Å². The molecule has 1 fully saturated rings. The van der Waals surface area contributed by atoms with E-state index in [1.807, 2.05) is 12.1 Å². The molecule has 0 saturated heterocycles. The molecule has 2 aliphatic carbocycles. The Balaban J connectivity index is 1.45. The highest BCUT2D eigenvalue weighted by atomic mass is 16.6. The number of rotatable bonds is 6. The monoisotopic (exact) mass is 286 g/mol. The fourth-order valence-corrected chi connectivity index (χ4v) is 3.78. The predicted molar refractivity (Wildman–Crippen MR) is 83.1 cm³/mol. The van der Waals surface area contributed by atoms with Gasteiger partial charge >= 0.3 is 0 Å². The zero-order valence-electron chi connectivity index (χ0n) is 12.4. The summed E-state index contributed by atoms with van der Waals surface area (Å²) in [5.74, 6) is 2.37. The zero-order chi connectivity index (χ0) is 14.8. The van der Waals surface area contributed by atoms with Gasteiger partial charge in [0, 0.05) is 18.2 Å². The number of nitro groups is 1. The van der Waals surface area contributed by atoms with E-state index in [9.17, 15) is 10.1 Å². The fraction of sp³-hybridized carbons (Fsp3) is 0.529. The Kier molecular flexibility index (Phi) is 4.06. The lowest BCUT2D eigenvalue weighted by Gasteiger charge is -2.26. The number of hydrogen-bond donors (Lipinski definition) is 1. The molecule has 1 aromatic rings. The van der Waals surface area contributed by atoms with Crippen molar-refractivity contribution < 1.29 is 4.92 Å². The minimum atomic E-state index is -0.354. The Hall–Kier alpha value is -1.68. The molecule has 4 heteroatoms. The van der Waals surface area contributed by atoms with Crippen LogP contribution >= 0.6 is 0 Å². The van der Waals surface area contributed by atoms with E-state index < -0.39 is 0 Å². The van der Waals surface area contributed by atoms with Crippen molar-refractivity contribution >= 4 is 5.69 Å². The lowest BCUT2D eigenvalue weighted by atomic mass is 9.87. The number of nitro benzene ring substituents is 1. The number of allylic oxidation sites excluding steroid dienone is 2. The second-order valence-electron chi connectivity index (χ2n) is 6.36. The number of nitrogens with zero attached hydrogens (tertiary/aromatic N) is 1. The Morgan fingerprint density at radius 2 is 2.05 bits per heavy atom. The molecule has 0 aliphatic heterocycles. The summed E-state index contributed by atoms with van der Waals surface area (Å²) in [6, 6.07) is 7.41. The first kappa shape index (κ1) is 14.3. The van der Waals surface area contributed by atoms with Crippen LogP contribution in [-0.2, 0) is 6.42 Å². The van der Waals surface area contributed by atoms with Gasteiger partial charge in [0.2, 0.25) is 0 Å². The lowest BCUT2D eigenvalue weighted by Crippen LogP contribution is -2.36. The molecule has 0 heterocycles. The fourth-order valence-electron chi connectivity index (χ4n) is 3.78. The molecule has 2 aliphatic rings. The summed E-state index contributed by atoms with van der Waals surface area (Å²) in [5, 5.41) is 14.2. The largest absolute Gasteiger partial charge is 0.314 e. The molecule has 0 amide bonds. The van der Waals surface area contributed by atoms with Crippen LogP contribution in [0.25, 0.3) is 0 Å². The van der Waals surface area contributed by atoms with Crippen molar-refractivity contribution in [2.45, 2.75) is 32.2 Å². The normalized spacial score (nSPS) is 28.0. The Morgan fingerprint density at radius 3 is 2.62 bits per heavy atom. The summed E-state index contributed by atoms with van der Waals surface area (Å²) < 4.78 is 0. The van der Waals surface area contributed by atoms with Crippen molar-refractivity contribution in [3.63, 3.8) is 0 Å². The molecule has 112 valence electrons. The Bertz CT molecular complexity index is 538. The van der Waals surface area contributed by atoms with Crippen molar-refractivity contribution in [2.24, 2.45) is 17.8 Å². The molecule has 0 spiro atoms. The maximum atomic E-state index is 10.6. The summed E-state index contributed by atoms with van der Waals surface area (Å²) in [7, 11) is 0. The van der Waals surface area contributed by atoms with E-state index in [1.165, 1.54) is 12.8 Å². The van der Waals surface area contributed by atoms with Crippen LogP contribution < -0.4 is 5.32 Å². The number of nitrogens with one attached hydrogen (secondary N) is 1. The number of non-ortho nitro benzene ring substituents is 1. The molecule has 1 aromatic carbocycles. The predicted octanol–water partition coefficient (Wildman–Crippen LogP) is 3.33. The minimum Gasteiger partial charge on any atom is -0.314 e. The third-order valence-electron chi connectivity index (χ3n) is 5.00. The van der Waals surface area contributed by atoms with Gasteiger partial charge in [-0.1, -0.05) is 24.3 Å². The second kappa shape index (κ2) is 5.98. The average molecular weight is 286 g/mol. The number of benzene rings is 1. The van der Waals surface area contributed by atoms with E-state index in [0.29, 0.717) is 6.04 Å².